The van der Waals surface area contributed by atoms with E-state index in [-0.39, 0.29) is 5.91 Å². The molecule has 1 saturated heterocycles. The molecule has 1 amide bonds. The Hall–Kier alpha value is -3.26. The van der Waals surface area contributed by atoms with Crippen LogP contribution in [0, 0.1) is 13.8 Å². The maximum absolute atomic E-state index is 12.4. The molecule has 0 aliphatic carbocycles. The minimum atomic E-state index is -0.289. The van der Waals surface area contributed by atoms with Crippen LogP contribution in [0.1, 0.15) is 34.6 Å². The van der Waals surface area contributed by atoms with Crippen LogP contribution in [0.15, 0.2) is 41.5 Å². The van der Waals surface area contributed by atoms with Crippen LogP contribution in [0.3, 0.4) is 0 Å². The molecule has 2 aromatic heterocycles. The minimum absolute atomic E-state index is 0.289. The van der Waals surface area contributed by atoms with Gasteiger partial charge in [0.2, 0.25) is 0 Å². The van der Waals surface area contributed by atoms with Gasteiger partial charge in [-0.2, -0.15) is 0 Å². The van der Waals surface area contributed by atoms with Gasteiger partial charge in [-0.05, 0) is 58.0 Å². The predicted octanol–water partition coefficient (Wildman–Crippen LogP) is 3.48. The van der Waals surface area contributed by atoms with E-state index >= 15 is 0 Å². The van der Waals surface area contributed by atoms with Crippen LogP contribution in [0.4, 0.5) is 5.69 Å². The summed E-state index contributed by atoms with van der Waals surface area (Å²) in [5.41, 5.74) is 4.48. The molecule has 8 nitrogen and oxygen atoms in total. The van der Waals surface area contributed by atoms with Gasteiger partial charge in [0.15, 0.2) is 0 Å². The van der Waals surface area contributed by atoms with Gasteiger partial charge in [0.1, 0.15) is 24.9 Å². The maximum Gasteiger partial charge on any atom is 0.260 e. The highest BCUT2D eigenvalue weighted by Crippen LogP contribution is 2.35. The molecule has 156 valence electrons. The van der Waals surface area contributed by atoms with E-state index in [1.807, 2.05) is 32.0 Å². The zero-order valence-corrected chi connectivity index (χ0v) is 17.2. The molecule has 1 aliphatic rings. The number of anilines is 1. The molecule has 8 heteroatoms. The molecule has 0 bridgehead atoms. The molecule has 4 rings (SSSR count). The summed E-state index contributed by atoms with van der Waals surface area (Å²) in [5.74, 6) is 0.459. The lowest BCUT2D eigenvalue weighted by atomic mass is 10.0. The van der Waals surface area contributed by atoms with Gasteiger partial charge in [0, 0.05) is 34.7 Å². The summed E-state index contributed by atoms with van der Waals surface area (Å²) < 4.78 is 10.9. The van der Waals surface area contributed by atoms with Crippen molar-refractivity contribution in [3.05, 3.63) is 53.9 Å². The standard InChI is InChI=1S/C22H25N5O3/c1-15-21(16(2)24-14-23-15)19-11-18(26-22(28)17-12-25-30-13-17)5-6-20(19)29-10-9-27-7-3-4-8-27/h5-6,11-14H,3-4,7-10H2,1-2H3,(H,26,28). The van der Waals surface area contributed by atoms with Crippen LogP contribution in [0.5, 0.6) is 5.75 Å². The predicted molar refractivity (Wildman–Crippen MR) is 113 cm³/mol. The molecule has 30 heavy (non-hydrogen) atoms. The Balaban J connectivity index is 1.60. The summed E-state index contributed by atoms with van der Waals surface area (Å²) in [6, 6.07) is 5.61. The van der Waals surface area contributed by atoms with Crippen molar-refractivity contribution >= 4 is 11.6 Å². The highest BCUT2D eigenvalue weighted by molar-refractivity contribution is 6.04. The molecule has 1 N–H and O–H groups in total. The number of carbonyl (C=O) groups is 1. The highest BCUT2D eigenvalue weighted by Gasteiger charge is 2.17. The van der Waals surface area contributed by atoms with Crippen LogP contribution in [0.2, 0.25) is 0 Å². The first-order valence-electron chi connectivity index (χ1n) is 10.1. The maximum atomic E-state index is 12.4. The third-order valence-corrected chi connectivity index (χ3v) is 5.29. The molecule has 0 atom stereocenters. The number of hydrogen-bond donors (Lipinski definition) is 1. The average molecular weight is 407 g/mol. The van der Waals surface area contributed by atoms with Gasteiger partial charge in [-0.25, -0.2) is 9.97 Å². The van der Waals surface area contributed by atoms with Crippen molar-refractivity contribution in [3.8, 4) is 16.9 Å². The quantitative estimate of drug-likeness (QED) is 0.641. The zero-order valence-electron chi connectivity index (χ0n) is 17.2. The molecule has 3 heterocycles. The van der Waals surface area contributed by atoms with Crippen LogP contribution in [-0.4, -0.2) is 52.2 Å². The SMILES string of the molecule is Cc1ncnc(C)c1-c1cc(NC(=O)c2cnoc2)ccc1OCCN1CCCC1. The van der Waals surface area contributed by atoms with Gasteiger partial charge in [-0.3, -0.25) is 9.69 Å². The van der Waals surface area contributed by atoms with Gasteiger partial charge >= 0.3 is 0 Å². The number of nitrogens with zero attached hydrogens (tertiary/aromatic N) is 4. The zero-order chi connectivity index (χ0) is 20.9. The van der Waals surface area contributed by atoms with E-state index in [0.29, 0.717) is 17.9 Å². The van der Waals surface area contributed by atoms with E-state index < -0.39 is 0 Å². The molecular weight excluding hydrogens is 382 g/mol. The van der Waals surface area contributed by atoms with Gasteiger partial charge in [-0.15, -0.1) is 0 Å². The molecule has 0 unspecified atom stereocenters. The fraction of sp³-hybridized carbons (Fsp3) is 0.364. The number of likely N-dealkylation sites (tertiary alicyclic amines) is 1. The Bertz CT molecular complexity index is 993. The number of rotatable bonds is 7. The van der Waals surface area contributed by atoms with E-state index in [9.17, 15) is 4.79 Å². The van der Waals surface area contributed by atoms with Crippen LogP contribution in [0.25, 0.3) is 11.1 Å². The largest absolute Gasteiger partial charge is 0.492 e. The third-order valence-electron chi connectivity index (χ3n) is 5.29. The lowest BCUT2D eigenvalue weighted by molar-refractivity contribution is 0.102. The van der Waals surface area contributed by atoms with E-state index in [2.05, 4.69) is 25.3 Å². The summed E-state index contributed by atoms with van der Waals surface area (Å²) in [5, 5.41) is 6.46. The third kappa shape index (κ3) is 4.49. The number of hydrogen-bond acceptors (Lipinski definition) is 7. The number of benzene rings is 1. The van der Waals surface area contributed by atoms with E-state index in [4.69, 9.17) is 9.26 Å². The second-order valence-electron chi connectivity index (χ2n) is 7.39. The van der Waals surface area contributed by atoms with Crippen molar-refractivity contribution < 1.29 is 14.1 Å². The van der Waals surface area contributed by atoms with Crippen molar-refractivity contribution in [2.45, 2.75) is 26.7 Å². The molecule has 0 spiro atoms. The molecular formula is C22H25N5O3. The summed E-state index contributed by atoms with van der Waals surface area (Å²) in [6.07, 6.45) is 6.76. The Labute approximate surface area is 175 Å². The van der Waals surface area contributed by atoms with Gasteiger partial charge < -0.3 is 14.6 Å². The second kappa shape index (κ2) is 9.04. The number of ether oxygens (including phenoxy) is 1. The topological polar surface area (TPSA) is 93.4 Å². The van der Waals surface area contributed by atoms with E-state index in [1.165, 1.54) is 25.3 Å². The Morgan fingerprint density at radius 3 is 2.67 bits per heavy atom. The number of carbonyl (C=O) groups excluding carboxylic acids is 1. The Kier molecular flexibility index (Phi) is 6.04. The molecule has 1 fully saturated rings. The molecule has 0 radical (unpaired) electrons. The second-order valence-corrected chi connectivity index (χ2v) is 7.39. The van der Waals surface area contributed by atoms with Crippen molar-refractivity contribution in [1.82, 2.24) is 20.0 Å². The highest BCUT2D eigenvalue weighted by atomic mass is 16.5. The summed E-state index contributed by atoms with van der Waals surface area (Å²) in [6.45, 7) is 7.66. The normalized spacial score (nSPS) is 14.1. The molecule has 0 saturated carbocycles. The molecule has 1 aliphatic heterocycles. The number of amides is 1. The molecule has 1 aromatic carbocycles. The Morgan fingerprint density at radius 2 is 1.97 bits per heavy atom. The number of aryl methyl sites for hydroxylation is 2. The fourth-order valence-corrected chi connectivity index (χ4v) is 3.72. The van der Waals surface area contributed by atoms with Crippen molar-refractivity contribution in [1.29, 1.82) is 0 Å². The van der Waals surface area contributed by atoms with E-state index in [0.717, 1.165) is 47.9 Å². The fourth-order valence-electron chi connectivity index (χ4n) is 3.72. The number of aromatic nitrogens is 3. The van der Waals surface area contributed by atoms with Gasteiger partial charge in [-0.1, -0.05) is 5.16 Å². The lowest BCUT2D eigenvalue weighted by Gasteiger charge is -2.18. The smallest absolute Gasteiger partial charge is 0.260 e. The summed E-state index contributed by atoms with van der Waals surface area (Å²) in [7, 11) is 0. The van der Waals surface area contributed by atoms with Crippen molar-refractivity contribution in [2.24, 2.45) is 0 Å². The first-order chi connectivity index (χ1) is 14.6. The summed E-state index contributed by atoms with van der Waals surface area (Å²) in [4.78, 5) is 23.5. The van der Waals surface area contributed by atoms with Crippen molar-refractivity contribution in [2.75, 3.05) is 31.6 Å². The minimum Gasteiger partial charge on any atom is -0.492 e. The summed E-state index contributed by atoms with van der Waals surface area (Å²) >= 11 is 0. The average Bonchev–Trinajstić information content (AvgIpc) is 3.43. The Morgan fingerprint density at radius 1 is 1.20 bits per heavy atom. The lowest BCUT2D eigenvalue weighted by Crippen LogP contribution is -2.25. The van der Waals surface area contributed by atoms with Crippen LogP contribution < -0.4 is 10.1 Å². The van der Waals surface area contributed by atoms with Gasteiger partial charge in [0.25, 0.3) is 5.91 Å². The monoisotopic (exact) mass is 407 g/mol. The molecule has 3 aromatic rings. The number of nitrogens with one attached hydrogen (secondary N) is 1. The van der Waals surface area contributed by atoms with Crippen LogP contribution >= 0.6 is 0 Å². The van der Waals surface area contributed by atoms with Gasteiger partial charge in [0.05, 0.1) is 11.8 Å². The van der Waals surface area contributed by atoms with Crippen molar-refractivity contribution in [3.63, 3.8) is 0 Å². The van der Waals surface area contributed by atoms with Crippen LogP contribution in [-0.2, 0) is 0 Å². The first kappa shape index (κ1) is 20.0. The first-order valence-corrected chi connectivity index (χ1v) is 10.1. The van der Waals surface area contributed by atoms with E-state index in [1.54, 1.807) is 6.33 Å².